The second-order valence-electron chi connectivity index (χ2n) is 7.54. The average molecular weight is 480 g/mol. The van der Waals surface area contributed by atoms with Gasteiger partial charge in [-0.25, -0.2) is 0 Å². The maximum atomic E-state index is 2.43. The van der Waals surface area contributed by atoms with Crippen LogP contribution < -0.4 is 24.8 Å². The third-order valence-electron chi connectivity index (χ3n) is 4.99. The molecule has 0 bridgehead atoms. The van der Waals surface area contributed by atoms with Crippen LogP contribution in [0.3, 0.4) is 0 Å². The Labute approximate surface area is 196 Å². The fourth-order valence-electron chi connectivity index (χ4n) is 3.80. The van der Waals surface area contributed by atoms with Gasteiger partial charge in [-0.3, -0.25) is 0 Å². The molecular formula is C24H29Cl2Zr. The van der Waals surface area contributed by atoms with Crippen molar-refractivity contribution in [3.63, 3.8) is 0 Å². The molecular weight excluding hydrogens is 450 g/mol. The summed E-state index contributed by atoms with van der Waals surface area (Å²) in [6.45, 7) is 11.5. The first kappa shape index (κ1) is 26.5. The van der Waals surface area contributed by atoms with Gasteiger partial charge < -0.3 is 24.8 Å². The fourth-order valence-corrected chi connectivity index (χ4v) is 3.80. The molecule has 0 fully saturated rings. The van der Waals surface area contributed by atoms with E-state index >= 15 is 0 Å². The Morgan fingerprint density at radius 3 is 2.07 bits per heavy atom. The van der Waals surface area contributed by atoms with Crippen LogP contribution in [0.5, 0.6) is 0 Å². The van der Waals surface area contributed by atoms with E-state index < -0.39 is 0 Å². The van der Waals surface area contributed by atoms with E-state index in [9.17, 15) is 0 Å². The fraction of sp³-hybridized carbons (Fsp3) is 0.375. The van der Waals surface area contributed by atoms with E-state index in [-0.39, 0.29) is 51.0 Å². The van der Waals surface area contributed by atoms with Crippen molar-refractivity contribution < 1.29 is 51.0 Å². The molecule has 3 heteroatoms. The van der Waals surface area contributed by atoms with Gasteiger partial charge in [-0.05, 0) is 29.4 Å². The van der Waals surface area contributed by atoms with Gasteiger partial charge in [0.15, 0.2) is 0 Å². The van der Waals surface area contributed by atoms with Crippen molar-refractivity contribution in [1.82, 2.24) is 0 Å². The molecule has 0 unspecified atom stereocenters. The van der Waals surface area contributed by atoms with Gasteiger partial charge in [0.05, 0.1) is 0 Å². The molecule has 3 rings (SSSR count). The minimum atomic E-state index is 0. The number of halogens is 2. The Hall–Kier alpha value is -0.487. The van der Waals surface area contributed by atoms with Gasteiger partial charge in [0.25, 0.3) is 0 Å². The van der Waals surface area contributed by atoms with Crippen molar-refractivity contribution in [1.29, 1.82) is 0 Å². The summed E-state index contributed by atoms with van der Waals surface area (Å²) < 4.78 is 0. The van der Waals surface area contributed by atoms with Crippen molar-refractivity contribution in [2.45, 2.75) is 59.3 Å². The quantitative estimate of drug-likeness (QED) is 0.486. The Morgan fingerprint density at radius 1 is 0.852 bits per heavy atom. The van der Waals surface area contributed by atoms with Crippen molar-refractivity contribution >= 4 is 10.8 Å². The Kier molecular flexibility index (Phi) is 11.3. The summed E-state index contributed by atoms with van der Waals surface area (Å²) >= 11 is 0. The van der Waals surface area contributed by atoms with E-state index in [0.717, 1.165) is 6.42 Å². The number of aryl methyl sites for hydroxylation is 1. The molecule has 3 aromatic rings. The van der Waals surface area contributed by atoms with E-state index in [1.165, 1.54) is 45.0 Å². The second-order valence-corrected chi connectivity index (χ2v) is 7.54. The minimum Gasteiger partial charge on any atom is -1.00 e. The van der Waals surface area contributed by atoms with Crippen molar-refractivity contribution in [3.8, 4) is 11.1 Å². The van der Waals surface area contributed by atoms with Crippen LogP contribution in [0.4, 0.5) is 0 Å². The molecule has 0 saturated heterocycles. The molecule has 3 aromatic carbocycles. The van der Waals surface area contributed by atoms with Crippen LogP contribution in [0.15, 0.2) is 48.5 Å². The van der Waals surface area contributed by atoms with Crippen LogP contribution in [-0.2, 0) is 32.6 Å². The summed E-state index contributed by atoms with van der Waals surface area (Å²) in [7, 11) is 0. The molecule has 0 amide bonds. The molecule has 1 radical (unpaired) electrons. The number of hydrogen-bond acceptors (Lipinski definition) is 0. The normalized spacial score (nSPS) is 10.5. The predicted molar refractivity (Wildman–Crippen MR) is 107 cm³/mol. The van der Waals surface area contributed by atoms with Crippen molar-refractivity contribution in [3.05, 3.63) is 65.2 Å². The summed E-state index contributed by atoms with van der Waals surface area (Å²) in [4.78, 5) is 0. The largest absolute Gasteiger partial charge is 3.00 e. The molecule has 0 nitrogen and oxygen atoms in total. The zero-order valence-corrected chi connectivity index (χ0v) is 20.9. The van der Waals surface area contributed by atoms with E-state index in [4.69, 9.17) is 0 Å². The molecule has 0 aliphatic heterocycles. The standard InChI is InChI=1S/C24H29.2ClH.Zr/c1-6-9-18-14-19-12-13-21(17(4)5)24(23(19)15-18)22-11-8-7-10-20(22)16(2)3;;;/h7-8,10-17H,6,9H2,1-5H3;2*1H;/q-1;;;+3/p-2. The number of benzene rings is 2. The van der Waals surface area contributed by atoms with Gasteiger partial charge in [0.1, 0.15) is 0 Å². The van der Waals surface area contributed by atoms with Gasteiger partial charge in [-0.15, -0.1) is 34.5 Å². The maximum Gasteiger partial charge on any atom is 3.00 e. The summed E-state index contributed by atoms with van der Waals surface area (Å²) in [5.41, 5.74) is 7.25. The zero-order chi connectivity index (χ0) is 17.3. The second kappa shape index (κ2) is 11.5. The van der Waals surface area contributed by atoms with Crippen molar-refractivity contribution in [2.24, 2.45) is 0 Å². The summed E-state index contributed by atoms with van der Waals surface area (Å²) in [6, 6.07) is 18.4. The topological polar surface area (TPSA) is 0 Å². The van der Waals surface area contributed by atoms with Gasteiger partial charge in [-0.1, -0.05) is 76.4 Å². The van der Waals surface area contributed by atoms with Gasteiger partial charge in [0, 0.05) is 0 Å². The van der Waals surface area contributed by atoms with E-state index in [2.05, 4.69) is 83.1 Å². The van der Waals surface area contributed by atoms with Gasteiger partial charge >= 0.3 is 26.2 Å². The first-order valence-electron chi connectivity index (χ1n) is 9.34. The number of rotatable bonds is 5. The van der Waals surface area contributed by atoms with Crippen LogP contribution in [-0.4, -0.2) is 0 Å². The maximum absolute atomic E-state index is 2.43. The molecule has 0 N–H and O–H groups in total. The van der Waals surface area contributed by atoms with E-state index in [1.807, 2.05) is 0 Å². The first-order valence-corrected chi connectivity index (χ1v) is 9.34. The zero-order valence-electron chi connectivity index (χ0n) is 16.9. The van der Waals surface area contributed by atoms with E-state index in [0.29, 0.717) is 11.8 Å². The van der Waals surface area contributed by atoms with Crippen LogP contribution >= 0.6 is 0 Å². The molecule has 0 aromatic heterocycles. The third kappa shape index (κ3) is 5.53. The molecule has 0 saturated carbocycles. The number of fused-ring (bicyclic) bond motifs is 1. The minimum absolute atomic E-state index is 0. The van der Waals surface area contributed by atoms with Gasteiger partial charge in [0.2, 0.25) is 0 Å². The molecule has 143 valence electrons. The smallest absolute Gasteiger partial charge is 1.00 e. The first-order chi connectivity index (χ1) is 11.5. The predicted octanol–water partition coefficient (Wildman–Crippen LogP) is 1.43. The van der Waals surface area contributed by atoms with Crippen LogP contribution in [0.1, 0.15) is 69.6 Å². The summed E-state index contributed by atoms with van der Waals surface area (Å²) in [5.74, 6) is 1.05. The molecule has 0 atom stereocenters. The summed E-state index contributed by atoms with van der Waals surface area (Å²) in [5, 5.41) is 2.81. The Bertz CT molecular complexity index is 847. The van der Waals surface area contributed by atoms with Gasteiger partial charge in [-0.2, -0.15) is 6.07 Å². The molecule has 0 aliphatic rings. The number of hydrogen-bond donors (Lipinski definition) is 0. The Balaban J connectivity index is 0.00000225. The molecule has 27 heavy (non-hydrogen) atoms. The van der Waals surface area contributed by atoms with Crippen molar-refractivity contribution in [2.75, 3.05) is 0 Å². The van der Waals surface area contributed by atoms with E-state index in [1.54, 1.807) is 0 Å². The van der Waals surface area contributed by atoms with Crippen LogP contribution in [0.25, 0.3) is 21.9 Å². The monoisotopic (exact) mass is 477 g/mol. The third-order valence-corrected chi connectivity index (χ3v) is 4.99. The average Bonchev–Trinajstić information content (AvgIpc) is 2.96. The van der Waals surface area contributed by atoms with Crippen LogP contribution in [0, 0.1) is 0 Å². The molecule has 0 heterocycles. The molecule has 0 spiro atoms. The Morgan fingerprint density at radius 2 is 1.48 bits per heavy atom. The van der Waals surface area contributed by atoms with Crippen LogP contribution in [0.2, 0.25) is 0 Å². The SMILES string of the molecule is CCCc1cc2c(-c3ccccc3C(C)C)c(C(C)C)ccc2[cH-]1.[Cl-].[Cl-].[Zr+3]. The molecule has 0 aliphatic carbocycles. The summed E-state index contributed by atoms with van der Waals surface area (Å²) in [6.07, 6.45) is 2.36.